The molecule has 0 bridgehead atoms. The van der Waals surface area contributed by atoms with Crippen molar-refractivity contribution in [2.75, 3.05) is 0 Å². The summed E-state index contributed by atoms with van der Waals surface area (Å²) in [6, 6.07) is 18.1. The number of unbranched alkanes of at least 4 members (excludes halogenated alkanes) is 2. The van der Waals surface area contributed by atoms with E-state index in [4.69, 9.17) is 0 Å². The van der Waals surface area contributed by atoms with Gasteiger partial charge in [-0.1, -0.05) is 91.1 Å². The molecule has 1 atom stereocenters. The van der Waals surface area contributed by atoms with Gasteiger partial charge in [-0.15, -0.1) is 0 Å². The molecule has 0 saturated heterocycles. The van der Waals surface area contributed by atoms with Gasteiger partial charge in [-0.05, 0) is 24.5 Å². The van der Waals surface area contributed by atoms with E-state index >= 15 is 0 Å². The van der Waals surface area contributed by atoms with Crippen LogP contribution < -0.4 is 0 Å². The first-order valence-corrected chi connectivity index (χ1v) is 8.77. The molecule has 25 heavy (non-hydrogen) atoms. The lowest BCUT2D eigenvalue weighted by molar-refractivity contribution is 0.311. The second-order valence-electron chi connectivity index (χ2n) is 6.22. The first-order chi connectivity index (χ1) is 12.2. The van der Waals surface area contributed by atoms with Gasteiger partial charge in [0.05, 0.1) is 11.4 Å². The quantitative estimate of drug-likeness (QED) is 0.286. The van der Waals surface area contributed by atoms with Crippen LogP contribution in [0.1, 0.15) is 45.1 Å². The van der Waals surface area contributed by atoms with E-state index in [-0.39, 0.29) is 5.92 Å². The summed E-state index contributed by atoms with van der Waals surface area (Å²) in [5.74, 6) is -0.191. The van der Waals surface area contributed by atoms with Gasteiger partial charge < -0.3 is 10.4 Å². The maximum absolute atomic E-state index is 9.59. The zero-order valence-corrected chi connectivity index (χ0v) is 14.9. The summed E-state index contributed by atoms with van der Waals surface area (Å²) < 4.78 is 0. The fourth-order valence-corrected chi connectivity index (χ4v) is 3.00. The van der Waals surface area contributed by atoms with Crippen LogP contribution in [0.25, 0.3) is 11.1 Å². The third-order valence-electron chi connectivity index (χ3n) is 4.48. The van der Waals surface area contributed by atoms with Gasteiger partial charge in [-0.3, -0.25) is 0 Å². The molecule has 0 aliphatic carbocycles. The summed E-state index contributed by atoms with van der Waals surface area (Å²) in [5, 5.41) is 25.7. The fourth-order valence-electron chi connectivity index (χ4n) is 3.00. The summed E-state index contributed by atoms with van der Waals surface area (Å²) in [7, 11) is 0. The first-order valence-electron chi connectivity index (χ1n) is 8.77. The summed E-state index contributed by atoms with van der Waals surface area (Å²) in [6.07, 6.45) is 4.00. The number of hydrogen-bond donors (Lipinski definition) is 2. The van der Waals surface area contributed by atoms with Crippen LogP contribution in [-0.2, 0) is 0 Å². The van der Waals surface area contributed by atoms with Gasteiger partial charge in [-0.2, -0.15) is 0 Å². The second kappa shape index (κ2) is 9.62. The fraction of sp³-hybridized carbons (Fsp3) is 0.333. The van der Waals surface area contributed by atoms with Crippen molar-refractivity contribution < 1.29 is 10.4 Å². The van der Waals surface area contributed by atoms with Crippen LogP contribution in [0.5, 0.6) is 0 Å². The van der Waals surface area contributed by atoms with Gasteiger partial charge in [0.25, 0.3) is 0 Å². The topological polar surface area (TPSA) is 65.2 Å². The maximum atomic E-state index is 9.59. The third kappa shape index (κ3) is 4.92. The molecular formula is C21H26N2O2. The molecular weight excluding hydrogens is 312 g/mol. The number of nitrogens with zero attached hydrogens (tertiary/aromatic N) is 2. The molecule has 0 aliphatic rings. The Morgan fingerprint density at radius 1 is 0.880 bits per heavy atom. The molecule has 4 nitrogen and oxygen atoms in total. The lowest BCUT2D eigenvalue weighted by Crippen LogP contribution is -2.23. The molecule has 0 heterocycles. The number of oxime groups is 2. The molecule has 0 aliphatic heterocycles. The highest BCUT2D eigenvalue weighted by molar-refractivity contribution is 6.14. The normalized spacial score (nSPS) is 13.7. The molecule has 2 N–H and O–H groups in total. The Kier molecular flexibility index (Phi) is 7.20. The van der Waals surface area contributed by atoms with Crippen LogP contribution in [0, 0.1) is 5.92 Å². The Balaban J connectivity index is 2.26. The summed E-state index contributed by atoms with van der Waals surface area (Å²) in [5.41, 5.74) is 4.20. The first kappa shape index (κ1) is 18.7. The van der Waals surface area contributed by atoms with E-state index in [0.29, 0.717) is 11.4 Å². The molecule has 0 fully saturated rings. The van der Waals surface area contributed by atoms with Gasteiger partial charge >= 0.3 is 0 Å². The molecule has 4 heteroatoms. The summed E-state index contributed by atoms with van der Waals surface area (Å²) >= 11 is 0. The Morgan fingerprint density at radius 3 is 2.08 bits per heavy atom. The van der Waals surface area contributed by atoms with Crippen LogP contribution in [0.3, 0.4) is 0 Å². The van der Waals surface area contributed by atoms with Crippen LogP contribution >= 0.6 is 0 Å². The number of rotatable bonds is 8. The summed E-state index contributed by atoms with van der Waals surface area (Å²) in [6.45, 7) is 3.91. The zero-order chi connectivity index (χ0) is 18.1. The van der Waals surface area contributed by atoms with E-state index in [0.717, 1.165) is 42.4 Å². The Hall–Kier alpha value is -2.62. The third-order valence-corrected chi connectivity index (χ3v) is 4.48. The van der Waals surface area contributed by atoms with Gasteiger partial charge in [-0.25, -0.2) is 0 Å². The van der Waals surface area contributed by atoms with Crippen molar-refractivity contribution in [3.63, 3.8) is 0 Å². The highest BCUT2D eigenvalue weighted by Crippen LogP contribution is 2.23. The smallest absolute Gasteiger partial charge is 0.0955 e. The molecule has 2 aromatic rings. The average molecular weight is 338 g/mol. The average Bonchev–Trinajstić information content (AvgIpc) is 2.68. The van der Waals surface area contributed by atoms with E-state index in [2.05, 4.69) is 29.4 Å². The Bertz CT molecular complexity index is 706. The summed E-state index contributed by atoms with van der Waals surface area (Å²) in [4.78, 5) is 0. The highest BCUT2D eigenvalue weighted by Gasteiger charge is 2.22. The van der Waals surface area contributed by atoms with Crippen LogP contribution in [-0.4, -0.2) is 21.8 Å². The minimum atomic E-state index is -0.191. The standard InChI is InChI=1S/C21H26N2O2/c1-3-4-6-11-20(16(2)22-24)21(23-25)19-14-12-18(13-15-19)17-9-7-5-8-10-17/h5,7-10,12-15,20,24-25H,3-4,6,11H2,1-2H3. The SMILES string of the molecule is CCCCCC(C(C)=NO)C(=NO)c1ccc(-c2ccccc2)cc1. The van der Waals surface area contributed by atoms with Crippen molar-refractivity contribution in [2.45, 2.75) is 39.5 Å². The van der Waals surface area contributed by atoms with E-state index in [9.17, 15) is 10.4 Å². The van der Waals surface area contributed by atoms with Crippen LogP contribution in [0.2, 0.25) is 0 Å². The molecule has 2 aromatic carbocycles. The Labute approximate surface area is 149 Å². The molecule has 132 valence electrons. The largest absolute Gasteiger partial charge is 0.411 e. The van der Waals surface area contributed by atoms with E-state index < -0.39 is 0 Å². The van der Waals surface area contributed by atoms with Crippen molar-refractivity contribution in [1.82, 2.24) is 0 Å². The van der Waals surface area contributed by atoms with Crippen LogP contribution in [0.15, 0.2) is 64.9 Å². The molecule has 1 unspecified atom stereocenters. The highest BCUT2D eigenvalue weighted by atomic mass is 16.4. The predicted octanol–water partition coefficient (Wildman–Crippen LogP) is 5.58. The van der Waals surface area contributed by atoms with E-state index in [1.54, 1.807) is 6.92 Å². The predicted molar refractivity (Wildman–Crippen MR) is 103 cm³/mol. The molecule has 0 aromatic heterocycles. The van der Waals surface area contributed by atoms with Gasteiger partial charge in [0.1, 0.15) is 0 Å². The monoisotopic (exact) mass is 338 g/mol. The molecule has 0 radical (unpaired) electrons. The molecule has 0 amide bonds. The van der Waals surface area contributed by atoms with Crippen molar-refractivity contribution in [1.29, 1.82) is 0 Å². The lowest BCUT2D eigenvalue weighted by atomic mass is 9.87. The number of hydrogen-bond acceptors (Lipinski definition) is 4. The minimum absolute atomic E-state index is 0.191. The van der Waals surface area contributed by atoms with Gasteiger partial charge in [0.15, 0.2) is 0 Å². The van der Waals surface area contributed by atoms with Gasteiger partial charge in [0, 0.05) is 11.5 Å². The second-order valence-corrected chi connectivity index (χ2v) is 6.22. The van der Waals surface area contributed by atoms with Gasteiger partial charge in [0.2, 0.25) is 0 Å². The van der Waals surface area contributed by atoms with Crippen LogP contribution in [0.4, 0.5) is 0 Å². The van der Waals surface area contributed by atoms with Crippen molar-refractivity contribution in [2.24, 2.45) is 16.2 Å². The minimum Gasteiger partial charge on any atom is -0.411 e. The van der Waals surface area contributed by atoms with Crippen molar-refractivity contribution in [3.8, 4) is 11.1 Å². The molecule has 0 spiro atoms. The van der Waals surface area contributed by atoms with E-state index in [1.165, 1.54) is 0 Å². The molecule has 2 rings (SSSR count). The number of benzene rings is 2. The van der Waals surface area contributed by atoms with Crippen molar-refractivity contribution in [3.05, 3.63) is 60.2 Å². The maximum Gasteiger partial charge on any atom is 0.0955 e. The Morgan fingerprint density at radius 2 is 1.52 bits per heavy atom. The lowest BCUT2D eigenvalue weighted by Gasteiger charge is -2.18. The van der Waals surface area contributed by atoms with E-state index in [1.807, 2.05) is 42.5 Å². The zero-order valence-electron chi connectivity index (χ0n) is 14.9. The molecule has 0 saturated carbocycles. The van der Waals surface area contributed by atoms with Crippen molar-refractivity contribution >= 4 is 11.4 Å².